The van der Waals surface area contributed by atoms with Crippen LogP contribution in [0.25, 0.3) is 0 Å². The lowest BCUT2D eigenvalue weighted by Crippen LogP contribution is -2.18. The number of nitrogens with one attached hydrogen (secondary N) is 1. The van der Waals surface area contributed by atoms with Crippen molar-refractivity contribution in [3.8, 4) is 0 Å². The van der Waals surface area contributed by atoms with E-state index in [0.29, 0.717) is 5.41 Å². The van der Waals surface area contributed by atoms with Crippen molar-refractivity contribution in [1.82, 2.24) is 5.32 Å². The summed E-state index contributed by atoms with van der Waals surface area (Å²) in [5.74, 6) is 0.807. The van der Waals surface area contributed by atoms with E-state index < -0.39 is 0 Å². The Labute approximate surface area is 132 Å². The number of hydrogen-bond donors (Lipinski definition) is 1. The van der Waals surface area contributed by atoms with Crippen LogP contribution in [0.3, 0.4) is 0 Å². The molecule has 1 aromatic carbocycles. The number of hydrogen-bond acceptors (Lipinski definition) is 1. The van der Waals surface area contributed by atoms with Gasteiger partial charge in [-0.25, -0.2) is 0 Å². The van der Waals surface area contributed by atoms with Gasteiger partial charge in [0.05, 0.1) is 0 Å². The molecular formula is C20H35N. The highest BCUT2D eigenvalue weighted by molar-refractivity contribution is 5.28. The predicted octanol–water partition coefficient (Wildman–Crippen LogP) is 5.33. The zero-order chi connectivity index (χ0) is 15.7. The summed E-state index contributed by atoms with van der Waals surface area (Å²) in [5, 5.41) is 3.49. The molecule has 0 heterocycles. The molecule has 0 spiro atoms. The molecule has 0 aromatic heterocycles. The van der Waals surface area contributed by atoms with Crippen LogP contribution in [0.1, 0.15) is 71.4 Å². The number of rotatable bonds is 10. The second kappa shape index (κ2) is 9.25. The first-order valence-corrected chi connectivity index (χ1v) is 8.79. The molecule has 1 nitrogen and oxygen atoms in total. The molecule has 0 fully saturated rings. The minimum absolute atomic E-state index is 0.302. The van der Waals surface area contributed by atoms with Gasteiger partial charge in [0, 0.05) is 0 Å². The van der Waals surface area contributed by atoms with Gasteiger partial charge in [-0.15, -0.1) is 0 Å². The molecule has 1 unspecified atom stereocenters. The fraction of sp³-hybridized carbons (Fsp3) is 0.700. The summed E-state index contributed by atoms with van der Waals surface area (Å²) in [7, 11) is 0. The minimum atomic E-state index is 0.302. The Morgan fingerprint density at radius 1 is 1.00 bits per heavy atom. The van der Waals surface area contributed by atoms with E-state index in [0.717, 1.165) is 12.5 Å². The maximum atomic E-state index is 3.49. The summed E-state index contributed by atoms with van der Waals surface area (Å²) < 4.78 is 0. The summed E-state index contributed by atoms with van der Waals surface area (Å²) in [6.07, 6.45) is 6.22. The van der Waals surface area contributed by atoms with E-state index in [-0.39, 0.29) is 0 Å². The van der Waals surface area contributed by atoms with Crippen LogP contribution < -0.4 is 5.32 Å². The van der Waals surface area contributed by atoms with E-state index in [1.54, 1.807) is 0 Å². The Bertz CT molecular complexity index is 377. The van der Waals surface area contributed by atoms with Gasteiger partial charge in [0.1, 0.15) is 0 Å². The van der Waals surface area contributed by atoms with E-state index in [1.165, 1.54) is 49.8 Å². The molecule has 0 bridgehead atoms. The predicted molar refractivity (Wildman–Crippen MR) is 95.0 cm³/mol. The van der Waals surface area contributed by atoms with Gasteiger partial charge in [0.15, 0.2) is 0 Å². The van der Waals surface area contributed by atoms with Crippen LogP contribution in [0.2, 0.25) is 0 Å². The first-order chi connectivity index (χ1) is 9.99. The molecule has 0 aliphatic carbocycles. The quantitative estimate of drug-likeness (QED) is 0.574. The van der Waals surface area contributed by atoms with Gasteiger partial charge in [-0.1, -0.05) is 58.9 Å². The third-order valence-corrected chi connectivity index (χ3v) is 4.79. The molecule has 120 valence electrons. The Balaban J connectivity index is 2.35. The van der Waals surface area contributed by atoms with Crippen LogP contribution in [0.4, 0.5) is 0 Å². The van der Waals surface area contributed by atoms with Gasteiger partial charge in [0.2, 0.25) is 0 Å². The molecule has 1 heteroatoms. The van der Waals surface area contributed by atoms with Gasteiger partial charge >= 0.3 is 0 Å². The second-order valence-corrected chi connectivity index (χ2v) is 7.12. The first-order valence-electron chi connectivity index (χ1n) is 8.79. The Hall–Kier alpha value is -0.820. The molecule has 0 saturated heterocycles. The van der Waals surface area contributed by atoms with E-state index in [4.69, 9.17) is 0 Å². The smallest absolute Gasteiger partial charge is 0.00464 e. The third-order valence-electron chi connectivity index (χ3n) is 4.79. The van der Waals surface area contributed by atoms with E-state index in [1.807, 2.05) is 0 Å². The van der Waals surface area contributed by atoms with Crippen molar-refractivity contribution in [2.24, 2.45) is 5.92 Å². The largest absolute Gasteiger partial charge is 0.317 e. The summed E-state index contributed by atoms with van der Waals surface area (Å²) >= 11 is 0. The average molecular weight is 290 g/mol. The summed E-state index contributed by atoms with van der Waals surface area (Å²) in [6.45, 7) is 13.8. The van der Waals surface area contributed by atoms with Crippen LogP contribution >= 0.6 is 0 Å². The maximum Gasteiger partial charge on any atom is -0.00464 e. The average Bonchev–Trinajstić information content (AvgIpc) is 2.50. The number of aryl methyl sites for hydroxylation is 1. The molecule has 1 rings (SSSR count). The molecule has 0 aliphatic rings. The normalized spacial score (nSPS) is 13.4. The Kier molecular flexibility index (Phi) is 8.03. The number of benzene rings is 1. The van der Waals surface area contributed by atoms with Crippen molar-refractivity contribution >= 4 is 0 Å². The van der Waals surface area contributed by atoms with Crippen molar-refractivity contribution in [3.05, 3.63) is 35.4 Å². The lowest BCUT2D eigenvalue weighted by Gasteiger charge is -2.23. The van der Waals surface area contributed by atoms with Crippen LogP contribution in [0, 0.1) is 5.92 Å². The van der Waals surface area contributed by atoms with Crippen molar-refractivity contribution in [3.63, 3.8) is 0 Å². The van der Waals surface area contributed by atoms with Gasteiger partial charge in [-0.2, -0.15) is 0 Å². The summed E-state index contributed by atoms with van der Waals surface area (Å²) in [4.78, 5) is 0. The molecule has 1 atom stereocenters. The third kappa shape index (κ3) is 6.65. The first kappa shape index (κ1) is 18.2. The summed E-state index contributed by atoms with van der Waals surface area (Å²) in [5.41, 5.74) is 3.25. The molecule has 0 saturated carbocycles. The summed E-state index contributed by atoms with van der Waals surface area (Å²) in [6, 6.07) is 9.31. The Morgan fingerprint density at radius 3 is 2.24 bits per heavy atom. The standard InChI is InChI=1S/C20H35N/c1-6-15-21-16-14-17(3)8-9-18-10-12-19(13-11-18)20(4,5)7-2/h10-13,17,21H,6-9,14-16H2,1-5H3. The van der Waals surface area contributed by atoms with Crippen molar-refractivity contribution < 1.29 is 0 Å². The Morgan fingerprint density at radius 2 is 1.67 bits per heavy atom. The van der Waals surface area contributed by atoms with Crippen LogP contribution in [-0.4, -0.2) is 13.1 Å². The van der Waals surface area contributed by atoms with Gasteiger partial charge < -0.3 is 5.32 Å². The van der Waals surface area contributed by atoms with Gasteiger partial charge in [-0.05, 0) is 67.7 Å². The molecule has 0 aliphatic heterocycles. The highest BCUT2D eigenvalue weighted by Gasteiger charge is 2.17. The molecule has 1 aromatic rings. The highest BCUT2D eigenvalue weighted by atomic mass is 14.8. The van der Waals surface area contributed by atoms with Gasteiger partial charge in [0.25, 0.3) is 0 Å². The van der Waals surface area contributed by atoms with E-state index in [9.17, 15) is 0 Å². The topological polar surface area (TPSA) is 12.0 Å². The fourth-order valence-electron chi connectivity index (χ4n) is 2.53. The molecule has 0 radical (unpaired) electrons. The zero-order valence-corrected chi connectivity index (χ0v) is 14.8. The molecule has 1 N–H and O–H groups in total. The maximum absolute atomic E-state index is 3.49. The molecular weight excluding hydrogens is 254 g/mol. The monoisotopic (exact) mass is 289 g/mol. The van der Waals surface area contributed by atoms with E-state index >= 15 is 0 Å². The lowest BCUT2D eigenvalue weighted by atomic mass is 9.82. The SMILES string of the molecule is CCCNCCC(C)CCc1ccc(C(C)(C)CC)cc1. The van der Waals surface area contributed by atoms with Crippen molar-refractivity contribution in [1.29, 1.82) is 0 Å². The highest BCUT2D eigenvalue weighted by Crippen LogP contribution is 2.27. The van der Waals surface area contributed by atoms with Crippen LogP contribution in [0.15, 0.2) is 24.3 Å². The van der Waals surface area contributed by atoms with Crippen LogP contribution in [-0.2, 0) is 11.8 Å². The lowest BCUT2D eigenvalue weighted by molar-refractivity contribution is 0.470. The van der Waals surface area contributed by atoms with Crippen molar-refractivity contribution in [2.75, 3.05) is 13.1 Å². The fourth-order valence-corrected chi connectivity index (χ4v) is 2.53. The second-order valence-electron chi connectivity index (χ2n) is 7.12. The van der Waals surface area contributed by atoms with Crippen LogP contribution in [0.5, 0.6) is 0 Å². The van der Waals surface area contributed by atoms with E-state index in [2.05, 4.69) is 64.2 Å². The van der Waals surface area contributed by atoms with Gasteiger partial charge in [-0.3, -0.25) is 0 Å². The zero-order valence-electron chi connectivity index (χ0n) is 14.8. The molecule has 21 heavy (non-hydrogen) atoms. The van der Waals surface area contributed by atoms with Crippen molar-refractivity contribution in [2.45, 2.75) is 72.1 Å². The minimum Gasteiger partial charge on any atom is -0.317 e. The molecule has 0 amide bonds.